The third-order valence-corrected chi connectivity index (χ3v) is 5.54. The fourth-order valence-electron chi connectivity index (χ4n) is 3.96. The maximum atomic E-state index is 12.9. The van der Waals surface area contributed by atoms with E-state index in [2.05, 4.69) is 17.2 Å². The average Bonchev–Trinajstić information content (AvgIpc) is 3.36. The van der Waals surface area contributed by atoms with Crippen molar-refractivity contribution in [2.24, 2.45) is 0 Å². The molecule has 2 aromatic rings. The van der Waals surface area contributed by atoms with E-state index in [4.69, 9.17) is 0 Å². The summed E-state index contributed by atoms with van der Waals surface area (Å²) in [6.45, 7) is 4.43. The van der Waals surface area contributed by atoms with Crippen LogP contribution in [0.3, 0.4) is 0 Å². The van der Waals surface area contributed by atoms with Crippen LogP contribution >= 0.6 is 0 Å². The number of benzene rings is 1. The second kappa shape index (κ2) is 7.55. The number of hydrogen-bond donors (Lipinski definition) is 1. The molecule has 0 unspecified atom stereocenters. The van der Waals surface area contributed by atoms with Crippen molar-refractivity contribution in [1.82, 2.24) is 14.5 Å². The summed E-state index contributed by atoms with van der Waals surface area (Å²) in [5, 5.41) is 2.94. The molecule has 0 saturated carbocycles. The molecule has 0 spiro atoms. The second-order valence-corrected chi connectivity index (χ2v) is 7.34. The number of aryl methyl sites for hydroxylation is 1. The Morgan fingerprint density at radius 3 is 2.44 bits per heavy atom. The van der Waals surface area contributed by atoms with E-state index in [1.807, 2.05) is 33.7 Å². The number of amides is 2. The maximum Gasteiger partial charge on any atom is 0.289 e. The molecular weight excluding hydrogens is 340 g/mol. The van der Waals surface area contributed by atoms with E-state index in [0.29, 0.717) is 11.5 Å². The van der Waals surface area contributed by atoms with E-state index in [9.17, 15) is 9.59 Å². The lowest BCUT2D eigenvalue weighted by Gasteiger charge is -2.19. The highest BCUT2D eigenvalue weighted by Crippen LogP contribution is 2.24. The molecule has 2 aliphatic rings. The molecule has 1 fully saturated rings. The van der Waals surface area contributed by atoms with Gasteiger partial charge in [0, 0.05) is 25.3 Å². The van der Waals surface area contributed by atoms with E-state index in [1.165, 1.54) is 5.56 Å². The third kappa shape index (κ3) is 3.48. The van der Waals surface area contributed by atoms with Crippen molar-refractivity contribution in [2.75, 3.05) is 18.4 Å². The summed E-state index contributed by atoms with van der Waals surface area (Å²) < 4.78 is 1.97. The first-order valence-electron chi connectivity index (χ1n) is 9.96. The van der Waals surface area contributed by atoms with Gasteiger partial charge in [-0.3, -0.25) is 9.59 Å². The van der Waals surface area contributed by atoms with Crippen molar-refractivity contribution >= 4 is 17.5 Å². The molecule has 27 heavy (non-hydrogen) atoms. The number of nitrogens with zero attached hydrogens (tertiary/aromatic N) is 3. The molecule has 1 aromatic heterocycles. The molecule has 6 nitrogen and oxygen atoms in total. The number of likely N-dealkylation sites (tertiary alicyclic amines) is 1. The van der Waals surface area contributed by atoms with Crippen LogP contribution in [0.4, 0.5) is 5.69 Å². The molecule has 0 bridgehead atoms. The highest BCUT2D eigenvalue weighted by atomic mass is 16.2. The summed E-state index contributed by atoms with van der Waals surface area (Å²) in [7, 11) is 0. The van der Waals surface area contributed by atoms with E-state index in [-0.39, 0.29) is 11.8 Å². The smallest absolute Gasteiger partial charge is 0.289 e. The Hall–Kier alpha value is -2.63. The van der Waals surface area contributed by atoms with Gasteiger partial charge in [-0.05, 0) is 56.2 Å². The van der Waals surface area contributed by atoms with Crippen LogP contribution in [0.5, 0.6) is 0 Å². The predicted molar refractivity (Wildman–Crippen MR) is 104 cm³/mol. The number of nitrogens with one attached hydrogen (secondary N) is 1. The number of carbonyl (C=O) groups excluding carboxylic acids is 2. The van der Waals surface area contributed by atoms with Gasteiger partial charge in [0.15, 0.2) is 11.5 Å². The Morgan fingerprint density at radius 1 is 1.04 bits per heavy atom. The highest BCUT2D eigenvalue weighted by molar-refractivity contribution is 6.05. The fourth-order valence-corrected chi connectivity index (χ4v) is 3.96. The molecule has 4 rings (SSSR count). The highest BCUT2D eigenvalue weighted by Gasteiger charge is 2.30. The van der Waals surface area contributed by atoms with Crippen molar-refractivity contribution in [1.29, 1.82) is 0 Å². The lowest BCUT2D eigenvalue weighted by Crippen LogP contribution is -2.31. The monoisotopic (exact) mass is 366 g/mol. The summed E-state index contributed by atoms with van der Waals surface area (Å²) in [6.07, 6.45) is 5.88. The normalized spacial score (nSPS) is 16.3. The Bertz CT molecular complexity index is 848. The Morgan fingerprint density at radius 2 is 1.74 bits per heavy atom. The van der Waals surface area contributed by atoms with Crippen LogP contribution in [0.2, 0.25) is 0 Å². The van der Waals surface area contributed by atoms with Gasteiger partial charge < -0.3 is 14.8 Å². The average molecular weight is 366 g/mol. The minimum absolute atomic E-state index is 0.0398. The van der Waals surface area contributed by atoms with Crippen LogP contribution in [0.1, 0.15) is 65.0 Å². The van der Waals surface area contributed by atoms with E-state index < -0.39 is 0 Å². The molecule has 1 saturated heterocycles. The molecule has 0 radical (unpaired) electrons. The molecule has 6 heteroatoms. The number of hydrogen-bond acceptors (Lipinski definition) is 3. The topological polar surface area (TPSA) is 67.2 Å². The van der Waals surface area contributed by atoms with Gasteiger partial charge in [0.2, 0.25) is 0 Å². The van der Waals surface area contributed by atoms with Crippen LogP contribution in [0.15, 0.2) is 24.3 Å². The minimum Gasteiger partial charge on any atom is -0.336 e. The van der Waals surface area contributed by atoms with Gasteiger partial charge in [0.1, 0.15) is 0 Å². The van der Waals surface area contributed by atoms with Gasteiger partial charge in [0.05, 0.1) is 5.69 Å². The number of imidazole rings is 1. The van der Waals surface area contributed by atoms with Crippen molar-refractivity contribution < 1.29 is 9.59 Å². The fraction of sp³-hybridized carbons (Fsp3) is 0.476. The predicted octanol–water partition coefficient (Wildman–Crippen LogP) is 3.27. The van der Waals surface area contributed by atoms with Crippen LogP contribution < -0.4 is 5.32 Å². The number of fused-ring (bicyclic) bond motifs is 1. The van der Waals surface area contributed by atoms with Crippen molar-refractivity contribution in [3.05, 3.63) is 47.0 Å². The number of anilines is 1. The summed E-state index contributed by atoms with van der Waals surface area (Å²) in [4.78, 5) is 32.2. The molecule has 142 valence electrons. The number of carbonyl (C=O) groups is 2. The van der Waals surface area contributed by atoms with E-state index >= 15 is 0 Å². The van der Waals surface area contributed by atoms with E-state index in [1.54, 1.807) is 0 Å². The Labute approximate surface area is 159 Å². The zero-order chi connectivity index (χ0) is 18.8. The molecule has 2 amide bonds. The zero-order valence-corrected chi connectivity index (χ0v) is 15.8. The molecule has 1 N–H and O–H groups in total. The molecule has 1 aromatic carbocycles. The lowest BCUT2D eigenvalue weighted by atomic mass is 10.1. The molecule has 0 aliphatic carbocycles. The van der Waals surface area contributed by atoms with Gasteiger partial charge >= 0.3 is 0 Å². The van der Waals surface area contributed by atoms with Crippen LogP contribution in [-0.4, -0.2) is 39.4 Å². The zero-order valence-electron chi connectivity index (χ0n) is 15.8. The van der Waals surface area contributed by atoms with Gasteiger partial charge in [-0.2, -0.15) is 0 Å². The Balaban J connectivity index is 1.61. The molecule has 0 atom stereocenters. The minimum atomic E-state index is -0.231. The summed E-state index contributed by atoms with van der Waals surface area (Å²) in [6, 6.07) is 7.85. The lowest BCUT2D eigenvalue weighted by molar-refractivity contribution is 0.0774. The van der Waals surface area contributed by atoms with Crippen LogP contribution in [0.25, 0.3) is 0 Å². The molecular formula is C21H26N4O2. The maximum absolute atomic E-state index is 12.9. The number of rotatable bonds is 4. The van der Waals surface area contributed by atoms with Crippen molar-refractivity contribution in [3.8, 4) is 0 Å². The molecule has 2 aliphatic heterocycles. The van der Waals surface area contributed by atoms with Crippen LogP contribution in [-0.2, 0) is 19.4 Å². The van der Waals surface area contributed by atoms with Gasteiger partial charge in [-0.1, -0.05) is 19.1 Å². The van der Waals surface area contributed by atoms with Crippen molar-refractivity contribution in [3.63, 3.8) is 0 Å². The third-order valence-electron chi connectivity index (χ3n) is 5.54. The first kappa shape index (κ1) is 17.8. The molecule has 3 heterocycles. The summed E-state index contributed by atoms with van der Waals surface area (Å²) in [5.41, 5.74) is 3.27. The summed E-state index contributed by atoms with van der Waals surface area (Å²) >= 11 is 0. The SMILES string of the molecule is CCc1ccc(NC(=O)c2nc(C(=O)N3CCCC3)n3c2CCCC3)cc1. The van der Waals surface area contributed by atoms with Gasteiger partial charge in [0.25, 0.3) is 11.8 Å². The first-order valence-corrected chi connectivity index (χ1v) is 9.96. The Kier molecular flexibility index (Phi) is 4.97. The second-order valence-electron chi connectivity index (χ2n) is 7.34. The quantitative estimate of drug-likeness (QED) is 0.903. The van der Waals surface area contributed by atoms with Crippen molar-refractivity contribution in [2.45, 2.75) is 52.0 Å². The first-order chi connectivity index (χ1) is 13.2. The van der Waals surface area contributed by atoms with Crippen LogP contribution in [0, 0.1) is 0 Å². The number of aromatic nitrogens is 2. The van der Waals surface area contributed by atoms with Gasteiger partial charge in [-0.25, -0.2) is 4.98 Å². The van der Waals surface area contributed by atoms with Gasteiger partial charge in [-0.15, -0.1) is 0 Å². The largest absolute Gasteiger partial charge is 0.336 e. The standard InChI is InChI=1S/C21H26N4O2/c1-2-15-8-10-16(11-9-15)22-20(26)18-17-7-3-4-14-25(17)19(23-18)21(27)24-12-5-6-13-24/h8-11H,2-7,12-14H2,1H3,(H,22,26). The summed E-state index contributed by atoms with van der Waals surface area (Å²) in [5.74, 6) is 0.158. The van der Waals surface area contributed by atoms with E-state index in [0.717, 1.165) is 69.5 Å².